The van der Waals surface area contributed by atoms with Crippen LogP contribution < -0.4 is 30.7 Å². The van der Waals surface area contributed by atoms with E-state index >= 15 is 0 Å². The molecule has 21 nitrogen and oxygen atoms in total. The van der Waals surface area contributed by atoms with Crippen LogP contribution >= 0.6 is 0 Å². The lowest BCUT2D eigenvalue weighted by atomic mass is 10.1. The van der Waals surface area contributed by atoms with Crippen molar-refractivity contribution in [2.24, 2.45) is 0 Å². The van der Waals surface area contributed by atoms with Crippen LogP contribution in [0.5, 0.6) is 18.0 Å². The SMILES string of the molecule is N=c1ccn2c(n1)O[C@H]1[C@H](O)[C@@H](CO)O[C@H]12.N=c1ccn2c(n1)O[C@H]1[C@H](O)[C@@H](CO)O[C@H]12.N=c1ccn2c(n1)O[C@H]1[C@H](O)[C@@H](CO)O[C@H]12. The van der Waals surface area contributed by atoms with E-state index in [1.54, 1.807) is 32.3 Å². The van der Waals surface area contributed by atoms with E-state index < -0.39 is 73.6 Å². The summed E-state index contributed by atoms with van der Waals surface area (Å²) in [6, 6.07) is 5.32. The number of aliphatic hydroxyl groups excluding tert-OH is 6. The van der Waals surface area contributed by atoms with Gasteiger partial charge in [-0.05, 0) is 18.2 Å². The van der Waals surface area contributed by atoms with Gasteiger partial charge in [-0.3, -0.25) is 29.9 Å². The van der Waals surface area contributed by atoms with E-state index in [1.165, 1.54) is 18.2 Å². The maximum Gasteiger partial charge on any atom is 0.301 e. The highest BCUT2D eigenvalue weighted by Gasteiger charge is 2.52. The minimum absolute atomic E-state index is 0.0967. The second-order valence-electron chi connectivity index (χ2n) is 11.5. The summed E-state index contributed by atoms with van der Waals surface area (Å²) >= 11 is 0. The van der Waals surface area contributed by atoms with Gasteiger partial charge in [0, 0.05) is 18.6 Å². The first-order chi connectivity index (χ1) is 23.1. The number of aromatic nitrogens is 6. The molecule has 0 bridgehead atoms. The monoisotopic (exact) mass is 675 g/mol. The standard InChI is InChI=1S/3C9H11N3O4/c3*10-5-1-2-12-8-7(16-9(12)11-5)6(14)4(3-13)15-8/h3*1-2,4,6-8,10,13-14H,3H2/t3*4-,6-,7+,8-/m111/s1. The zero-order valence-corrected chi connectivity index (χ0v) is 24.8. The minimum atomic E-state index is -0.883. The summed E-state index contributed by atoms with van der Waals surface area (Å²) < 4.78 is 37.4. The van der Waals surface area contributed by atoms with Crippen LogP contribution in [0.4, 0.5) is 0 Å². The van der Waals surface area contributed by atoms with Gasteiger partial charge in [-0.15, -0.1) is 0 Å². The van der Waals surface area contributed by atoms with Crippen molar-refractivity contribution in [3.63, 3.8) is 0 Å². The number of hydrogen-bond acceptors (Lipinski definition) is 18. The molecule has 0 spiro atoms. The van der Waals surface area contributed by atoms with Crippen molar-refractivity contribution in [1.29, 1.82) is 16.2 Å². The molecule has 48 heavy (non-hydrogen) atoms. The second kappa shape index (κ2) is 12.6. The van der Waals surface area contributed by atoms with Crippen molar-refractivity contribution >= 4 is 0 Å². The highest BCUT2D eigenvalue weighted by molar-refractivity contribution is 5.12. The van der Waals surface area contributed by atoms with Crippen molar-refractivity contribution in [1.82, 2.24) is 28.7 Å². The molecule has 21 heteroatoms. The first kappa shape index (κ1) is 32.2. The third kappa shape index (κ3) is 5.43. The molecule has 3 aromatic heterocycles. The summed E-state index contributed by atoms with van der Waals surface area (Å²) in [5, 5.41) is 78.4. The van der Waals surface area contributed by atoms with E-state index in [2.05, 4.69) is 15.0 Å². The molecule has 3 saturated heterocycles. The van der Waals surface area contributed by atoms with Gasteiger partial charge in [-0.25, -0.2) is 0 Å². The molecule has 0 unspecified atom stereocenters. The molecule has 12 atom stereocenters. The van der Waals surface area contributed by atoms with Gasteiger partial charge in [0.15, 0.2) is 53.5 Å². The molecule has 6 aliphatic heterocycles. The predicted octanol–water partition coefficient (Wildman–Crippen LogP) is -4.88. The highest BCUT2D eigenvalue weighted by atomic mass is 16.6. The molecule has 3 fully saturated rings. The molecule has 6 aliphatic rings. The maximum absolute atomic E-state index is 9.80. The zero-order chi connectivity index (χ0) is 33.9. The third-order valence-electron chi connectivity index (χ3n) is 8.52. The average Bonchev–Trinajstić information content (AvgIpc) is 3.89. The Morgan fingerprint density at radius 3 is 1.04 bits per heavy atom. The first-order valence-corrected chi connectivity index (χ1v) is 14.9. The molecular weight excluding hydrogens is 642 g/mol. The highest BCUT2D eigenvalue weighted by Crippen LogP contribution is 2.40. The van der Waals surface area contributed by atoms with Gasteiger partial charge >= 0.3 is 18.0 Å². The number of nitrogens with zero attached hydrogens (tertiary/aromatic N) is 6. The summed E-state index contributed by atoms with van der Waals surface area (Å²) in [6.07, 6.45) is -2.79. The number of aliphatic hydroxyl groups is 6. The van der Waals surface area contributed by atoms with Crippen molar-refractivity contribution in [3.8, 4) is 18.0 Å². The van der Waals surface area contributed by atoms with Crippen molar-refractivity contribution in [3.05, 3.63) is 53.3 Å². The molecular formula is C27H33N9O12. The average molecular weight is 676 g/mol. The van der Waals surface area contributed by atoms with Gasteiger partial charge in [0.05, 0.1) is 19.8 Å². The Labute approximate surface area is 268 Å². The molecule has 9 N–H and O–H groups in total. The van der Waals surface area contributed by atoms with E-state index in [1.807, 2.05) is 0 Å². The molecule has 0 radical (unpaired) electrons. The predicted molar refractivity (Wildman–Crippen MR) is 149 cm³/mol. The fourth-order valence-electron chi connectivity index (χ4n) is 6.11. The van der Waals surface area contributed by atoms with Crippen LogP contribution in [-0.4, -0.2) is 134 Å². The summed E-state index contributed by atoms with van der Waals surface area (Å²) in [4.78, 5) is 11.6. The fraction of sp³-hybridized carbons (Fsp3) is 0.556. The molecule has 3 aromatic rings. The van der Waals surface area contributed by atoms with Crippen LogP contribution in [0.3, 0.4) is 0 Å². The molecule has 0 aliphatic carbocycles. The maximum atomic E-state index is 9.80. The summed E-state index contributed by atoms with van der Waals surface area (Å²) in [6.45, 7) is -0.758. The van der Waals surface area contributed by atoms with Crippen LogP contribution in [0.25, 0.3) is 0 Å². The Balaban J connectivity index is 0.000000114. The van der Waals surface area contributed by atoms with Crippen LogP contribution in [-0.2, 0) is 14.2 Å². The van der Waals surface area contributed by atoms with Crippen LogP contribution in [0.15, 0.2) is 36.8 Å². The van der Waals surface area contributed by atoms with E-state index in [0.29, 0.717) is 0 Å². The summed E-state index contributed by atoms with van der Waals surface area (Å²) in [7, 11) is 0. The Morgan fingerprint density at radius 1 is 0.521 bits per heavy atom. The molecule has 0 amide bonds. The van der Waals surface area contributed by atoms with E-state index in [9.17, 15) is 15.3 Å². The number of ether oxygens (including phenoxy) is 6. The largest absolute Gasteiger partial charge is 0.454 e. The molecule has 258 valence electrons. The number of rotatable bonds is 3. The van der Waals surface area contributed by atoms with E-state index in [4.69, 9.17) is 60.0 Å². The topological polar surface area (TPSA) is 302 Å². The van der Waals surface area contributed by atoms with Gasteiger partial charge in [0.2, 0.25) is 0 Å². The smallest absolute Gasteiger partial charge is 0.301 e. The van der Waals surface area contributed by atoms with Crippen LogP contribution in [0.1, 0.15) is 18.7 Å². The quantitative estimate of drug-likeness (QED) is 0.126. The van der Waals surface area contributed by atoms with Gasteiger partial charge in [0.25, 0.3) is 0 Å². The Bertz CT molecular complexity index is 1630. The molecule has 9 heterocycles. The Kier molecular flexibility index (Phi) is 8.47. The lowest BCUT2D eigenvalue weighted by Crippen LogP contribution is -2.34. The Hall–Kier alpha value is -4.32. The van der Waals surface area contributed by atoms with Crippen molar-refractivity contribution in [2.45, 2.75) is 73.6 Å². The molecule has 0 saturated carbocycles. The third-order valence-corrected chi connectivity index (χ3v) is 8.52. The normalized spacial score (nSPS) is 35.6. The van der Waals surface area contributed by atoms with Crippen molar-refractivity contribution in [2.75, 3.05) is 19.8 Å². The molecule has 9 rings (SSSR count). The number of nitrogens with one attached hydrogen (secondary N) is 3. The Morgan fingerprint density at radius 2 is 0.792 bits per heavy atom. The number of hydrogen-bond donors (Lipinski definition) is 9. The lowest BCUT2D eigenvalue weighted by Gasteiger charge is -2.14. The van der Waals surface area contributed by atoms with Gasteiger partial charge in [-0.2, -0.15) is 15.0 Å². The van der Waals surface area contributed by atoms with E-state index in [-0.39, 0.29) is 54.3 Å². The van der Waals surface area contributed by atoms with Crippen LogP contribution in [0.2, 0.25) is 0 Å². The minimum Gasteiger partial charge on any atom is -0.454 e. The first-order valence-electron chi connectivity index (χ1n) is 14.9. The fourth-order valence-corrected chi connectivity index (χ4v) is 6.11. The number of fused-ring (bicyclic) bond motifs is 9. The van der Waals surface area contributed by atoms with Gasteiger partial charge in [-0.1, -0.05) is 0 Å². The van der Waals surface area contributed by atoms with Crippen molar-refractivity contribution < 1.29 is 59.1 Å². The second-order valence-corrected chi connectivity index (χ2v) is 11.5. The lowest BCUT2D eigenvalue weighted by molar-refractivity contribution is -0.0434. The summed E-state index contributed by atoms with van der Waals surface area (Å²) in [5.74, 6) is 0. The van der Waals surface area contributed by atoms with Gasteiger partial charge < -0.3 is 59.1 Å². The van der Waals surface area contributed by atoms with Crippen LogP contribution in [0, 0.1) is 16.2 Å². The molecule has 0 aromatic carbocycles. The zero-order valence-electron chi connectivity index (χ0n) is 24.8. The van der Waals surface area contributed by atoms with E-state index in [0.717, 1.165) is 0 Å². The summed E-state index contributed by atoms with van der Waals surface area (Å²) in [5.41, 5.74) is 0.290. The van der Waals surface area contributed by atoms with Gasteiger partial charge in [0.1, 0.15) is 36.6 Å².